The first-order valence-electron chi connectivity index (χ1n) is 8.41. The molecule has 0 heterocycles. The summed E-state index contributed by atoms with van der Waals surface area (Å²) >= 11 is 0. The molecule has 0 aliphatic heterocycles. The Morgan fingerprint density at radius 3 is 2.00 bits per heavy atom. The third-order valence-electron chi connectivity index (χ3n) is 4.02. The molecule has 21 heavy (non-hydrogen) atoms. The molecule has 0 amide bonds. The van der Waals surface area contributed by atoms with Crippen LogP contribution in [0.15, 0.2) is 35.2 Å². The highest BCUT2D eigenvalue weighted by Gasteiger charge is 2.26. The summed E-state index contributed by atoms with van der Waals surface area (Å²) in [6.45, 7) is 4.32. The van der Waals surface area contributed by atoms with Gasteiger partial charge >= 0.3 is 0 Å². The lowest BCUT2D eigenvalue weighted by Gasteiger charge is -2.17. The van der Waals surface area contributed by atoms with Crippen LogP contribution in [0.5, 0.6) is 0 Å². The van der Waals surface area contributed by atoms with Gasteiger partial charge in [-0.05, 0) is 25.0 Å². The Labute approximate surface area is 130 Å². The van der Waals surface area contributed by atoms with E-state index in [0.29, 0.717) is 4.90 Å². The van der Waals surface area contributed by atoms with Crippen molar-refractivity contribution in [1.29, 1.82) is 0 Å². The van der Waals surface area contributed by atoms with Gasteiger partial charge in [0.25, 0.3) is 0 Å². The molecule has 0 N–H and O–H groups in total. The highest BCUT2D eigenvalue weighted by atomic mass is 32.2. The smallest absolute Gasteiger partial charge is 0.181 e. The van der Waals surface area contributed by atoms with Gasteiger partial charge < -0.3 is 0 Å². The van der Waals surface area contributed by atoms with Crippen LogP contribution in [0.25, 0.3) is 0 Å². The van der Waals surface area contributed by atoms with Crippen LogP contribution in [0.1, 0.15) is 71.6 Å². The van der Waals surface area contributed by atoms with E-state index in [1.807, 2.05) is 18.2 Å². The predicted molar refractivity (Wildman–Crippen MR) is 90.3 cm³/mol. The van der Waals surface area contributed by atoms with E-state index in [1.54, 1.807) is 12.1 Å². The summed E-state index contributed by atoms with van der Waals surface area (Å²) in [5, 5.41) is -0.207. The van der Waals surface area contributed by atoms with Crippen LogP contribution in [-0.2, 0) is 9.84 Å². The van der Waals surface area contributed by atoms with E-state index in [9.17, 15) is 8.42 Å². The molecule has 0 aliphatic carbocycles. The zero-order valence-electron chi connectivity index (χ0n) is 13.6. The quantitative estimate of drug-likeness (QED) is 0.514. The van der Waals surface area contributed by atoms with Gasteiger partial charge in [-0.15, -0.1) is 0 Å². The molecule has 1 aromatic rings. The molecule has 0 fully saturated rings. The van der Waals surface area contributed by atoms with E-state index in [2.05, 4.69) is 13.8 Å². The molecular weight excluding hydrogens is 280 g/mol. The minimum Gasteiger partial charge on any atom is -0.223 e. The van der Waals surface area contributed by atoms with Crippen molar-refractivity contribution in [2.75, 3.05) is 0 Å². The maximum absolute atomic E-state index is 12.8. The van der Waals surface area contributed by atoms with Gasteiger partial charge in [-0.1, -0.05) is 77.0 Å². The van der Waals surface area contributed by atoms with Crippen molar-refractivity contribution in [3.63, 3.8) is 0 Å². The average molecular weight is 311 g/mol. The standard InChI is InChI=1S/C18H30O2S/c1-3-5-7-8-10-14-17(13-6-4-2)21(19,20)18-15-11-9-12-16-18/h9,11-12,15-17H,3-8,10,13-14H2,1-2H3. The van der Waals surface area contributed by atoms with Crippen molar-refractivity contribution in [2.24, 2.45) is 0 Å². The molecule has 3 heteroatoms. The van der Waals surface area contributed by atoms with E-state index < -0.39 is 9.84 Å². The molecule has 0 spiro atoms. The minimum atomic E-state index is -3.17. The fourth-order valence-corrected chi connectivity index (χ4v) is 4.54. The van der Waals surface area contributed by atoms with E-state index in [-0.39, 0.29) is 5.25 Å². The molecule has 1 rings (SSSR count). The number of hydrogen-bond acceptors (Lipinski definition) is 2. The van der Waals surface area contributed by atoms with Crippen LogP contribution in [-0.4, -0.2) is 13.7 Å². The predicted octanol–water partition coefficient (Wildman–Crippen LogP) is 5.38. The SMILES string of the molecule is CCCCCCCC(CCCC)S(=O)(=O)c1ccccc1. The average Bonchev–Trinajstić information content (AvgIpc) is 2.50. The monoisotopic (exact) mass is 310 g/mol. The van der Waals surface area contributed by atoms with Gasteiger partial charge in [0.1, 0.15) is 0 Å². The summed E-state index contributed by atoms with van der Waals surface area (Å²) < 4.78 is 25.5. The molecular formula is C18H30O2S. The Bertz CT molecular complexity index is 465. The maximum Gasteiger partial charge on any atom is 0.181 e. The van der Waals surface area contributed by atoms with Gasteiger partial charge in [-0.2, -0.15) is 0 Å². The molecule has 2 nitrogen and oxygen atoms in total. The van der Waals surface area contributed by atoms with Crippen molar-refractivity contribution in [3.8, 4) is 0 Å². The molecule has 1 atom stereocenters. The second-order valence-electron chi connectivity index (χ2n) is 5.83. The lowest BCUT2D eigenvalue weighted by atomic mass is 10.1. The van der Waals surface area contributed by atoms with Crippen molar-refractivity contribution in [3.05, 3.63) is 30.3 Å². The van der Waals surface area contributed by atoms with E-state index in [4.69, 9.17) is 0 Å². The van der Waals surface area contributed by atoms with E-state index in [0.717, 1.165) is 38.5 Å². The number of sulfone groups is 1. The summed E-state index contributed by atoms with van der Waals surface area (Å²) in [5.74, 6) is 0. The van der Waals surface area contributed by atoms with Gasteiger partial charge in [-0.3, -0.25) is 0 Å². The third-order valence-corrected chi connectivity index (χ3v) is 6.30. The second kappa shape index (κ2) is 9.99. The first-order valence-corrected chi connectivity index (χ1v) is 9.96. The molecule has 0 saturated carbocycles. The first-order chi connectivity index (χ1) is 10.1. The van der Waals surface area contributed by atoms with Crippen molar-refractivity contribution < 1.29 is 8.42 Å². The second-order valence-corrected chi connectivity index (χ2v) is 8.05. The molecule has 120 valence electrons. The van der Waals surface area contributed by atoms with Crippen LogP contribution in [0.4, 0.5) is 0 Å². The fourth-order valence-electron chi connectivity index (χ4n) is 2.66. The van der Waals surface area contributed by atoms with Gasteiger partial charge in [0.2, 0.25) is 0 Å². The summed E-state index contributed by atoms with van der Waals surface area (Å²) in [4.78, 5) is 0.486. The Morgan fingerprint density at radius 2 is 1.38 bits per heavy atom. The maximum atomic E-state index is 12.8. The lowest BCUT2D eigenvalue weighted by molar-refractivity contribution is 0.527. The molecule has 0 saturated heterocycles. The molecule has 0 aromatic heterocycles. The number of benzene rings is 1. The largest absolute Gasteiger partial charge is 0.223 e. The molecule has 0 bridgehead atoms. The molecule has 1 unspecified atom stereocenters. The summed E-state index contributed by atoms with van der Waals surface area (Å²) in [5.41, 5.74) is 0. The first kappa shape index (κ1) is 18.2. The number of hydrogen-bond donors (Lipinski definition) is 0. The van der Waals surface area contributed by atoms with Crippen LogP contribution in [0.2, 0.25) is 0 Å². The number of rotatable bonds is 11. The fraction of sp³-hybridized carbons (Fsp3) is 0.667. The zero-order valence-corrected chi connectivity index (χ0v) is 14.4. The van der Waals surface area contributed by atoms with Crippen LogP contribution < -0.4 is 0 Å². The van der Waals surface area contributed by atoms with Crippen molar-refractivity contribution in [1.82, 2.24) is 0 Å². The Hall–Kier alpha value is -0.830. The highest BCUT2D eigenvalue weighted by Crippen LogP contribution is 2.24. The minimum absolute atomic E-state index is 0.207. The third kappa shape index (κ3) is 6.21. The topological polar surface area (TPSA) is 34.1 Å². The number of unbranched alkanes of at least 4 members (excludes halogenated alkanes) is 5. The molecule has 0 aliphatic rings. The summed E-state index contributed by atoms with van der Waals surface area (Å²) in [6.07, 6.45) is 9.53. The zero-order chi connectivity index (χ0) is 15.6. The normalized spacial score (nSPS) is 13.2. The van der Waals surface area contributed by atoms with Gasteiger partial charge in [0, 0.05) is 0 Å². The van der Waals surface area contributed by atoms with Crippen LogP contribution in [0, 0.1) is 0 Å². The van der Waals surface area contributed by atoms with Crippen molar-refractivity contribution in [2.45, 2.75) is 81.8 Å². The molecule has 1 aromatic carbocycles. The Balaban J connectivity index is 2.67. The van der Waals surface area contributed by atoms with E-state index >= 15 is 0 Å². The van der Waals surface area contributed by atoms with Crippen LogP contribution in [0.3, 0.4) is 0 Å². The Morgan fingerprint density at radius 1 is 0.810 bits per heavy atom. The summed E-state index contributed by atoms with van der Waals surface area (Å²) in [6, 6.07) is 8.94. The summed E-state index contributed by atoms with van der Waals surface area (Å²) in [7, 11) is -3.17. The van der Waals surface area contributed by atoms with Crippen molar-refractivity contribution >= 4 is 9.84 Å². The highest BCUT2D eigenvalue weighted by molar-refractivity contribution is 7.92. The Kier molecular flexibility index (Phi) is 8.67. The van der Waals surface area contributed by atoms with Gasteiger partial charge in [0.05, 0.1) is 10.1 Å². The van der Waals surface area contributed by atoms with Gasteiger partial charge in [0.15, 0.2) is 9.84 Å². The molecule has 0 radical (unpaired) electrons. The van der Waals surface area contributed by atoms with Crippen LogP contribution >= 0.6 is 0 Å². The van der Waals surface area contributed by atoms with E-state index in [1.165, 1.54) is 19.3 Å². The lowest BCUT2D eigenvalue weighted by Crippen LogP contribution is -2.21. The van der Waals surface area contributed by atoms with Gasteiger partial charge in [-0.25, -0.2) is 8.42 Å².